The molecule has 3 aromatic carbocycles. The van der Waals surface area contributed by atoms with Crippen LogP contribution in [0.2, 0.25) is 0 Å². The van der Waals surface area contributed by atoms with Crippen molar-refractivity contribution in [1.82, 2.24) is 14.2 Å². The number of hydrogen-bond donors (Lipinski definition) is 1. The van der Waals surface area contributed by atoms with Gasteiger partial charge >= 0.3 is 5.69 Å². The van der Waals surface area contributed by atoms with Crippen molar-refractivity contribution in [2.75, 3.05) is 20.8 Å². The smallest absolute Gasteiger partial charge is 0.330 e. The lowest BCUT2D eigenvalue weighted by Crippen LogP contribution is -2.40. The largest absolute Gasteiger partial charge is 0.497 e. The minimum absolute atomic E-state index is 0.0235. The minimum atomic E-state index is -1.70. The topological polar surface area (TPSA) is 121 Å². The Morgan fingerprint density at radius 1 is 0.902 bits per heavy atom. The summed E-state index contributed by atoms with van der Waals surface area (Å²) >= 11 is 0. The van der Waals surface area contributed by atoms with E-state index in [1.54, 1.807) is 28.1 Å². The van der Waals surface area contributed by atoms with Crippen LogP contribution in [-0.4, -0.2) is 64.9 Å². The second-order valence-corrected chi connectivity index (χ2v) is 15.0. The van der Waals surface area contributed by atoms with Crippen LogP contribution in [0, 0.1) is 6.92 Å². The number of carbonyl (C=O) groups excluding carboxylic acids is 1. The number of methoxy groups -OCH3 is 2. The number of rotatable bonds is 15. The number of nitrogens with one attached hydrogen (secondary N) is 1. The molecule has 1 N–H and O–H groups in total. The van der Waals surface area contributed by atoms with Crippen molar-refractivity contribution >= 4 is 13.8 Å². The third kappa shape index (κ3) is 8.19. The number of ether oxygens (including phenoxy) is 4. The zero-order valence-electron chi connectivity index (χ0n) is 30.5. The van der Waals surface area contributed by atoms with E-state index in [9.17, 15) is 14.4 Å². The number of aromatic nitrogens is 2. The maximum absolute atomic E-state index is 13.2. The van der Waals surface area contributed by atoms with Crippen molar-refractivity contribution in [3.05, 3.63) is 128 Å². The molecule has 1 saturated heterocycles. The molecule has 5 rings (SSSR count). The summed E-state index contributed by atoms with van der Waals surface area (Å²) in [6.45, 7) is 11.4. The summed E-state index contributed by atoms with van der Waals surface area (Å²) in [5.41, 5.74) is 0.661. The summed E-state index contributed by atoms with van der Waals surface area (Å²) in [6.07, 6.45) is -0.380. The molecule has 0 spiro atoms. The van der Waals surface area contributed by atoms with Crippen molar-refractivity contribution in [2.45, 2.75) is 84.1 Å². The standard InChI is InChI=1S/C39H48N3O8P/c1-25(2)42(26(3)4)51(28(6)43)50-34-22-36(41-23-27(5)37(44)40-38(41)45)49-35(34)24-48-39(29-12-10-9-11-13-29,30-14-18-32(46-7)19-15-30)31-16-20-33(47-8)21-17-31/h9-21,23,25-26,34-36H,22,24H2,1-8H3,(H,40,44,45)/t34-,35+,36+,51?/m0/s1. The van der Waals surface area contributed by atoms with Gasteiger partial charge in [0.05, 0.1) is 26.9 Å². The van der Waals surface area contributed by atoms with Gasteiger partial charge in [0, 0.05) is 37.2 Å². The number of aryl methyl sites for hydroxylation is 1. The molecule has 1 aromatic heterocycles. The molecule has 1 fully saturated rings. The first kappa shape index (κ1) is 38.1. The SMILES string of the molecule is COc1ccc(C(OC[C@H]2O[C@@H](n3cc(C)c(=O)[nH]c3=O)C[C@@H]2OP(C(C)=O)N(C(C)C)C(C)C)(c2ccccc2)c2ccc(OC)cc2)cc1. The van der Waals surface area contributed by atoms with Gasteiger partial charge < -0.3 is 23.5 Å². The number of benzene rings is 3. The van der Waals surface area contributed by atoms with Gasteiger partial charge in [0.1, 0.15) is 29.4 Å². The molecule has 1 unspecified atom stereocenters. The molecule has 272 valence electrons. The Bertz CT molecular complexity index is 1820. The van der Waals surface area contributed by atoms with Gasteiger partial charge in [-0.1, -0.05) is 54.6 Å². The second kappa shape index (κ2) is 16.5. The molecule has 51 heavy (non-hydrogen) atoms. The van der Waals surface area contributed by atoms with Gasteiger partial charge in [-0.3, -0.25) is 19.1 Å². The Kier molecular flexibility index (Phi) is 12.3. The van der Waals surface area contributed by atoms with E-state index in [0.717, 1.165) is 16.7 Å². The number of aromatic amines is 1. The lowest BCUT2D eigenvalue weighted by atomic mass is 9.80. The van der Waals surface area contributed by atoms with Gasteiger partial charge in [-0.05, 0) is 75.6 Å². The molecule has 4 atom stereocenters. The van der Waals surface area contributed by atoms with E-state index < -0.39 is 43.6 Å². The summed E-state index contributed by atoms with van der Waals surface area (Å²) in [5, 5.41) is 0. The molecule has 0 aliphatic carbocycles. The molecule has 1 aliphatic heterocycles. The van der Waals surface area contributed by atoms with E-state index in [0.29, 0.717) is 17.1 Å². The predicted molar refractivity (Wildman–Crippen MR) is 197 cm³/mol. The zero-order valence-corrected chi connectivity index (χ0v) is 31.4. The molecule has 0 amide bonds. The number of H-pyrrole nitrogens is 1. The van der Waals surface area contributed by atoms with Crippen molar-refractivity contribution in [1.29, 1.82) is 0 Å². The summed E-state index contributed by atoms with van der Waals surface area (Å²) in [4.78, 5) is 40.9. The van der Waals surface area contributed by atoms with Crippen molar-refractivity contribution in [2.24, 2.45) is 0 Å². The van der Waals surface area contributed by atoms with Crippen LogP contribution in [0.25, 0.3) is 0 Å². The normalized spacial score (nSPS) is 18.4. The Labute approximate surface area is 300 Å². The third-order valence-corrected chi connectivity index (χ3v) is 11.4. The van der Waals surface area contributed by atoms with Crippen LogP contribution in [0.5, 0.6) is 11.5 Å². The van der Waals surface area contributed by atoms with Crippen LogP contribution >= 0.6 is 8.30 Å². The summed E-state index contributed by atoms with van der Waals surface area (Å²) in [5.74, 6) is 1.40. The maximum Gasteiger partial charge on any atom is 0.330 e. The average molecular weight is 718 g/mol. The Morgan fingerprint density at radius 2 is 1.43 bits per heavy atom. The zero-order chi connectivity index (χ0) is 36.9. The van der Waals surface area contributed by atoms with Gasteiger partial charge in [0.15, 0.2) is 13.8 Å². The summed E-state index contributed by atoms with van der Waals surface area (Å²) in [6, 6.07) is 25.5. The quantitative estimate of drug-likeness (QED) is 0.108. The lowest BCUT2D eigenvalue weighted by Gasteiger charge is -2.39. The van der Waals surface area contributed by atoms with Gasteiger partial charge in [-0.25, -0.2) is 9.46 Å². The van der Waals surface area contributed by atoms with Crippen molar-refractivity contribution in [3.8, 4) is 11.5 Å². The van der Waals surface area contributed by atoms with Gasteiger partial charge in [0.25, 0.3) is 5.56 Å². The predicted octanol–water partition coefficient (Wildman–Crippen LogP) is 6.52. The van der Waals surface area contributed by atoms with E-state index in [1.165, 1.54) is 10.8 Å². The van der Waals surface area contributed by atoms with E-state index in [4.69, 9.17) is 23.5 Å². The van der Waals surface area contributed by atoms with Gasteiger partial charge in [-0.2, -0.15) is 0 Å². The van der Waals surface area contributed by atoms with E-state index >= 15 is 0 Å². The van der Waals surface area contributed by atoms with E-state index in [1.807, 2.05) is 107 Å². The van der Waals surface area contributed by atoms with Crippen LogP contribution in [-0.2, 0) is 24.4 Å². The molecular formula is C39H48N3O8P. The maximum atomic E-state index is 13.2. The summed E-state index contributed by atoms with van der Waals surface area (Å²) in [7, 11) is 1.54. The molecule has 0 bridgehead atoms. The molecule has 12 heteroatoms. The monoisotopic (exact) mass is 717 g/mol. The van der Waals surface area contributed by atoms with Crippen LogP contribution in [0.1, 0.15) is 69.5 Å². The van der Waals surface area contributed by atoms with Crippen LogP contribution < -0.4 is 20.7 Å². The highest BCUT2D eigenvalue weighted by Crippen LogP contribution is 2.50. The fraction of sp³-hybridized carbons (Fsp3) is 0.410. The van der Waals surface area contributed by atoms with Crippen molar-refractivity contribution < 1.29 is 28.3 Å². The summed E-state index contributed by atoms with van der Waals surface area (Å²) < 4.78 is 35.0. The molecule has 2 heterocycles. The third-order valence-electron chi connectivity index (χ3n) is 9.05. The van der Waals surface area contributed by atoms with Crippen molar-refractivity contribution in [3.63, 3.8) is 0 Å². The number of carbonyl (C=O) groups is 1. The molecule has 4 aromatic rings. The highest BCUT2D eigenvalue weighted by Gasteiger charge is 2.45. The van der Waals surface area contributed by atoms with E-state index in [2.05, 4.69) is 9.65 Å². The Hall–Kier alpha value is -4.12. The highest BCUT2D eigenvalue weighted by molar-refractivity contribution is 7.68. The number of hydrogen-bond acceptors (Lipinski definition) is 9. The Balaban J connectivity index is 1.61. The number of nitrogens with zero attached hydrogens (tertiary/aromatic N) is 2. The van der Waals surface area contributed by atoms with Gasteiger partial charge in [0.2, 0.25) is 0 Å². The fourth-order valence-corrected chi connectivity index (χ4v) is 8.55. The van der Waals surface area contributed by atoms with Gasteiger partial charge in [-0.15, -0.1) is 0 Å². The minimum Gasteiger partial charge on any atom is -0.497 e. The van der Waals surface area contributed by atoms with Crippen LogP contribution in [0.3, 0.4) is 0 Å². The Morgan fingerprint density at radius 3 is 1.92 bits per heavy atom. The van der Waals surface area contributed by atoms with Crippen LogP contribution in [0.15, 0.2) is 94.6 Å². The second-order valence-electron chi connectivity index (χ2n) is 13.2. The average Bonchev–Trinajstić information content (AvgIpc) is 3.52. The first-order chi connectivity index (χ1) is 24.4. The fourth-order valence-electron chi connectivity index (χ4n) is 6.65. The molecule has 0 radical (unpaired) electrons. The first-order valence-corrected chi connectivity index (χ1v) is 18.3. The molecule has 0 saturated carbocycles. The highest BCUT2D eigenvalue weighted by atomic mass is 31.2. The first-order valence-electron chi connectivity index (χ1n) is 17.1. The molecule has 1 aliphatic rings. The molecule has 11 nitrogen and oxygen atoms in total. The van der Waals surface area contributed by atoms with E-state index in [-0.39, 0.29) is 30.6 Å². The molecular weight excluding hydrogens is 669 g/mol. The van der Waals surface area contributed by atoms with Crippen LogP contribution in [0.4, 0.5) is 0 Å². The lowest BCUT2D eigenvalue weighted by molar-refractivity contribution is -0.111.